The summed E-state index contributed by atoms with van der Waals surface area (Å²) in [5.41, 5.74) is 3.26. The molecule has 2 aromatic rings. The Morgan fingerprint density at radius 3 is 2.85 bits per heavy atom. The van der Waals surface area contributed by atoms with Crippen LogP contribution in [-0.4, -0.2) is 32.4 Å². The van der Waals surface area contributed by atoms with Crippen molar-refractivity contribution in [3.05, 3.63) is 47.3 Å². The predicted octanol–water partition coefficient (Wildman–Crippen LogP) is 3.66. The zero-order chi connectivity index (χ0) is 17.9. The van der Waals surface area contributed by atoms with Crippen LogP contribution in [0, 0.1) is 0 Å². The van der Waals surface area contributed by atoms with E-state index in [2.05, 4.69) is 38.9 Å². The molecule has 1 aliphatic heterocycles. The molecule has 26 heavy (non-hydrogen) atoms. The van der Waals surface area contributed by atoms with E-state index in [1.54, 1.807) is 6.92 Å². The molecule has 1 saturated carbocycles. The molecule has 1 fully saturated rings. The fraction of sp³-hybridized carbons (Fsp3) is 0.571. The number of ether oxygens (including phenoxy) is 1. The second kappa shape index (κ2) is 7.80. The standard InChI is InChI=1S/C21H29N3O2/c1-16(25)21-13-18-15-23(10-5-11-24(18)22-21)14-17-6-4-9-20(12-17)26-19-7-2-3-8-19/h4,6,9,12-13,16,19,25H,2-3,5,7-8,10-11,14-15H2,1H3/t16-/m0/s1. The molecule has 0 spiro atoms. The van der Waals surface area contributed by atoms with Crippen molar-refractivity contribution in [3.8, 4) is 5.75 Å². The molecule has 0 unspecified atom stereocenters. The predicted molar refractivity (Wildman–Crippen MR) is 101 cm³/mol. The molecular weight excluding hydrogens is 326 g/mol. The van der Waals surface area contributed by atoms with E-state index in [1.807, 2.05) is 6.07 Å². The van der Waals surface area contributed by atoms with Crippen molar-refractivity contribution < 1.29 is 9.84 Å². The van der Waals surface area contributed by atoms with Crippen molar-refractivity contribution in [3.63, 3.8) is 0 Å². The molecule has 1 aromatic carbocycles. The first-order chi connectivity index (χ1) is 12.7. The molecule has 4 rings (SSSR count). The number of hydrogen-bond acceptors (Lipinski definition) is 4. The Balaban J connectivity index is 1.43. The highest BCUT2D eigenvalue weighted by Gasteiger charge is 2.19. The van der Waals surface area contributed by atoms with Crippen LogP contribution in [0.25, 0.3) is 0 Å². The largest absolute Gasteiger partial charge is 0.490 e. The van der Waals surface area contributed by atoms with Crippen LogP contribution in [0.3, 0.4) is 0 Å². The maximum absolute atomic E-state index is 9.79. The van der Waals surface area contributed by atoms with E-state index in [0.717, 1.165) is 44.0 Å². The molecule has 5 heteroatoms. The smallest absolute Gasteiger partial charge is 0.120 e. The number of fused-ring (bicyclic) bond motifs is 1. The third-order valence-corrected chi connectivity index (χ3v) is 5.45. The summed E-state index contributed by atoms with van der Waals surface area (Å²) in [5.74, 6) is 1.01. The summed E-state index contributed by atoms with van der Waals surface area (Å²) in [6.45, 7) is 5.53. The number of hydrogen-bond donors (Lipinski definition) is 1. The van der Waals surface area contributed by atoms with Crippen LogP contribution in [0.5, 0.6) is 5.75 Å². The van der Waals surface area contributed by atoms with Gasteiger partial charge in [-0.05, 0) is 62.8 Å². The van der Waals surface area contributed by atoms with Gasteiger partial charge in [0.2, 0.25) is 0 Å². The van der Waals surface area contributed by atoms with E-state index < -0.39 is 6.10 Å². The van der Waals surface area contributed by atoms with Crippen molar-refractivity contribution in [2.45, 2.75) is 70.9 Å². The van der Waals surface area contributed by atoms with Crippen LogP contribution in [0.2, 0.25) is 0 Å². The van der Waals surface area contributed by atoms with Gasteiger partial charge in [-0.2, -0.15) is 5.10 Å². The minimum atomic E-state index is -0.507. The Bertz CT molecular complexity index is 735. The quantitative estimate of drug-likeness (QED) is 0.889. The van der Waals surface area contributed by atoms with Gasteiger partial charge in [-0.15, -0.1) is 0 Å². The fourth-order valence-electron chi connectivity index (χ4n) is 4.06. The van der Waals surface area contributed by atoms with Crippen LogP contribution in [-0.2, 0) is 19.6 Å². The van der Waals surface area contributed by atoms with E-state index in [-0.39, 0.29) is 0 Å². The second-order valence-corrected chi connectivity index (χ2v) is 7.70. The Labute approximate surface area is 155 Å². The lowest BCUT2D eigenvalue weighted by Crippen LogP contribution is -2.22. The highest BCUT2D eigenvalue weighted by Crippen LogP contribution is 2.25. The molecule has 2 heterocycles. The van der Waals surface area contributed by atoms with Crippen molar-refractivity contribution in [1.29, 1.82) is 0 Å². The van der Waals surface area contributed by atoms with Gasteiger partial charge in [0.15, 0.2) is 0 Å². The lowest BCUT2D eigenvalue weighted by atomic mass is 10.2. The first kappa shape index (κ1) is 17.6. The van der Waals surface area contributed by atoms with Gasteiger partial charge < -0.3 is 9.84 Å². The molecule has 0 bridgehead atoms. The number of aliphatic hydroxyl groups is 1. The fourth-order valence-corrected chi connectivity index (χ4v) is 4.06. The normalized spacial score (nSPS) is 19.9. The lowest BCUT2D eigenvalue weighted by Gasteiger charge is -2.20. The van der Waals surface area contributed by atoms with Gasteiger partial charge in [-0.1, -0.05) is 12.1 Å². The van der Waals surface area contributed by atoms with Gasteiger partial charge in [0.05, 0.1) is 23.6 Å². The van der Waals surface area contributed by atoms with E-state index in [0.29, 0.717) is 6.10 Å². The number of rotatable bonds is 5. The van der Waals surface area contributed by atoms with Crippen LogP contribution < -0.4 is 4.74 Å². The molecule has 0 radical (unpaired) electrons. The van der Waals surface area contributed by atoms with E-state index >= 15 is 0 Å². The first-order valence-corrected chi connectivity index (χ1v) is 9.90. The maximum Gasteiger partial charge on any atom is 0.120 e. The van der Waals surface area contributed by atoms with Gasteiger partial charge in [0, 0.05) is 26.2 Å². The molecule has 0 saturated heterocycles. The number of aromatic nitrogens is 2. The van der Waals surface area contributed by atoms with Crippen molar-refractivity contribution in [2.75, 3.05) is 6.54 Å². The zero-order valence-corrected chi connectivity index (χ0v) is 15.6. The van der Waals surface area contributed by atoms with Crippen LogP contribution in [0.4, 0.5) is 0 Å². The SMILES string of the molecule is C[C@H](O)c1cc2n(n1)CCCN(Cc1cccc(OC3CCCC3)c1)C2. The van der Waals surface area contributed by atoms with Crippen molar-refractivity contribution in [1.82, 2.24) is 14.7 Å². The number of aryl methyl sites for hydroxylation is 1. The van der Waals surface area contributed by atoms with Gasteiger partial charge in [0.1, 0.15) is 5.75 Å². The van der Waals surface area contributed by atoms with Gasteiger partial charge in [-0.25, -0.2) is 0 Å². The number of nitrogens with zero attached hydrogens (tertiary/aromatic N) is 3. The highest BCUT2D eigenvalue weighted by atomic mass is 16.5. The Morgan fingerprint density at radius 2 is 2.04 bits per heavy atom. The summed E-state index contributed by atoms with van der Waals surface area (Å²) in [4.78, 5) is 2.46. The van der Waals surface area contributed by atoms with E-state index in [9.17, 15) is 5.11 Å². The summed E-state index contributed by atoms with van der Waals surface area (Å²) >= 11 is 0. The minimum Gasteiger partial charge on any atom is -0.490 e. The number of benzene rings is 1. The molecule has 1 aliphatic carbocycles. The van der Waals surface area contributed by atoms with Crippen LogP contribution >= 0.6 is 0 Å². The number of aliphatic hydroxyl groups excluding tert-OH is 1. The third kappa shape index (κ3) is 4.10. The third-order valence-electron chi connectivity index (χ3n) is 5.45. The molecule has 2 aliphatic rings. The molecule has 1 N–H and O–H groups in total. The van der Waals surface area contributed by atoms with E-state index in [4.69, 9.17) is 4.74 Å². The summed E-state index contributed by atoms with van der Waals surface area (Å²) in [5, 5.41) is 14.3. The Hall–Kier alpha value is -1.85. The molecule has 140 valence electrons. The summed E-state index contributed by atoms with van der Waals surface area (Å²) in [6.07, 6.45) is 5.92. The average Bonchev–Trinajstić information content (AvgIpc) is 3.22. The van der Waals surface area contributed by atoms with Gasteiger partial charge >= 0.3 is 0 Å². The average molecular weight is 355 g/mol. The topological polar surface area (TPSA) is 50.5 Å². The zero-order valence-electron chi connectivity index (χ0n) is 15.6. The summed E-state index contributed by atoms with van der Waals surface area (Å²) in [6, 6.07) is 10.6. The lowest BCUT2D eigenvalue weighted by molar-refractivity contribution is 0.193. The molecule has 1 atom stereocenters. The Morgan fingerprint density at radius 1 is 1.19 bits per heavy atom. The van der Waals surface area contributed by atoms with Crippen molar-refractivity contribution in [2.24, 2.45) is 0 Å². The van der Waals surface area contributed by atoms with Crippen molar-refractivity contribution >= 4 is 0 Å². The van der Waals surface area contributed by atoms with E-state index in [1.165, 1.54) is 36.9 Å². The molecule has 5 nitrogen and oxygen atoms in total. The molecular formula is C21H29N3O2. The summed E-state index contributed by atoms with van der Waals surface area (Å²) < 4.78 is 8.21. The minimum absolute atomic E-state index is 0.400. The maximum atomic E-state index is 9.79. The first-order valence-electron chi connectivity index (χ1n) is 9.90. The monoisotopic (exact) mass is 355 g/mol. The highest BCUT2D eigenvalue weighted by molar-refractivity contribution is 5.29. The van der Waals surface area contributed by atoms with Crippen LogP contribution in [0.1, 0.15) is 62.1 Å². The van der Waals surface area contributed by atoms with Gasteiger partial charge in [-0.3, -0.25) is 9.58 Å². The second-order valence-electron chi connectivity index (χ2n) is 7.70. The molecule has 0 amide bonds. The summed E-state index contributed by atoms with van der Waals surface area (Å²) in [7, 11) is 0. The van der Waals surface area contributed by atoms with Crippen LogP contribution in [0.15, 0.2) is 30.3 Å². The Kier molecular flexibility index (Phi) is 5.27. The molecule has 1 aromatic heterocycles. The van der Waals surface area contributed by atoms with Gasteiger partial charge in [0.25, 0.3) is 0 Å².